The molecule has 0 atom stereocenters. The van der Waals surface area contributed by atoms with E-state index in [0.29, 0.717) is 5.69 Å². The van der Waals surface area contributed by atoms with E-state index in [1.807, 2.05) is 20.0 Å². The molecule has 3 aromatic rings. The van der Waals surface area contributed by atoms with Crippen LogP contribution in [0.1, 0.15) is 5.69 Å². The monoisotopic (exact) mass is 297 g/mol. The van der Waals surface area contributed by atoms with Gasteiger partial charge < -0.3 is 9.88 Å². The van der Waals surface area contributed by atoms with E-state index >= 15 is 0 Å². The van der Waals surface area contributed by atoms with Crippen LogP contribution in [-0.4, -0.2) is 25.2 Å². The molecule has 7 nitrogen and oxygen atoms in total. The normalized spacial score (nSPS) is 10.8. The summed E-state index contributed by atoms with van der Waals surface area (Å²) >= 11 is 0. The molecule has 22 heavy (non-hydrogen) atoms. The molecule has 0 aliphatic carbocycles. The Morgan fingerprint density at radius 1 is 1.36 bits per heavy atom. The minimum absolute atomic E-state index is 0.0380. The minimum atomic E-state index is -0.281. The second kappa shape index (κ2) is 5.44. The molecule has 7 heteroatoms. The minimum Gasteiger partial charge on any atom is -0.323 e. The maximum Gasteiger partial charge on any atom is 0.250 e. The number of nitrogens with zero attached hydrogens (tertiary/aromatic N) is 4. The summed E-state index contributed by atoms with van der Waals surface area (Å²) in [6.45, 7) is 1.85. The maximum atomic E-state index is 12.0. The lowest BCUT2D eigenvalue weighted by atomic mass is 10.2. The molecule has 0 aliphatic rings. The second-order valence-corrected chi connectivity index (χ2v) is 5.02. The van der Waals surface area contributed by atoms with E-state index in [4.69, 9.17) is 0 Å². The molecule has 3 aromatic heterocycles. The van der Waals surface area contributed by atoms with Crippen molar-refractivity contribution in [3.63, 3.8) is 0 Å². The van der Waals surface area contributed by atoms with Crippen molar-refractivity contribution >= 4 is 22.6 Å². The average molecular weight is 297 g/mol. The highest BCUT2D eigenvalue weighted by molar-refractivity contribution is 5.92. The molecule has 0 bridgehead atoms. The molecule has 0 unspecified atom stereocenters. The first-order chi connectivity index (χ1) is 10.5. The third-order valence-corrected chi connectivity index (χ3v) is 3.36. The van der Waals surface area contributed by atoms with Gasteiger partial charge in [-0.1, -0.05) is 6.07 Å². The Hall–Kier alpha value is -2.96. The lowest BCUT2D eigenvalue weighted by molar-refractivity contribution is -0.116. The van der Waals surface area contributed by atoms with Gasteiger partial charge in [-0.3, -0.25) is 14.3 Å². The average Bonchev–Trinajstić information content (AvgIpc) is 2.76. The van der Waals surface area contributed by atoms with Gasteiger partial charge in [-0.05, 0) is 19.1 Å². The number of fused-ring (bicyclic) bond motifs is 1. The van der Waals surface area contributed by atoms with Crippen molar-refractivity contribution in [1.29, 1.82) is 0 Å². The van der Waals surface area contributed by atoms with Gasteiger partial charge in [-0.2, -0.15) is 5.10 Å². The second-order valence-electron chi connectivity index (χ2n) is 5.02. The van der Waals surface area contributed by atoms with Gasteiger partial charge in [0.25, 0.3) is 5.56 Å². The number of anilines is 1. The highest BCUT2D eigenvalue weighted by atomic mass is 16.2. The Morgan fingerprint density at radius 2 is 2.18 bits per heavy atom. The van der Waals surface area contributed by atoms with Gasteiger partial charge in [0.15, 0.2) is 5.65 Å². The summed E-state index contributed by atoms with van der Waals surface area (Å²) in [5.74, 6) is -0.281. The Labute approximate surface area is 126 Å². The van der Waals surface area contributed by atoms with E-state index in [9.17, 15) is 9.59 Å². The highest BCUT2D eigenvalue weighted by Gasteiger charge is 2.09. The number of aromatic nitrogens is 4. The topological polar surface area (TPSA) is 81.8 Å². The van der Waals surface area contributed by atoms with E-state index in [1.54, 1.807) is 29.2 Å². The number of nitrogens with one attached hydrogen (secondary N) is 1. The van der Waals surface area contributed by atoms with Gasteiger partial charge >= 0.3 is 0 Å². The van der Waals surface area contributed by atoms with Crippen LogP contribution >= 0.6 is 0 Å². The summed E-state index contributed by atoms with van der Waals surface area (Å²) < 4.78 is 3.04. The predicted molar refractivity (Wildman–Crippen MR) is 82.6 cm³/mol. The van der Waals surface area contributed by atoms with Crippen molar-refractivity contribution in [2.45, 2.75) is 13.5 Å². The molecule has 0 radical (unpaired) electrons. The zero-order valence-electron chi connectivity index (χ0n) is 12.3. The molecule has 0 saturated heterocycles. The first-order valence-electron chi connectivity index (χ1n) is 6.79. The van der Waals surface area contributed by atoms with Crippen LogP contribution in [-0.2, 0) is 18.4 Å². The van der Waals surface area contributed by atoms with Crippen LogP contribution < -0.4 is 10.9 Å². The van der Waals surface area contributed by atoms with Gasteiger partial charge in [0, 0.05) is 24.7 Å². The first-order valence-corrected chi connectivity index (χ1v) is 6.79. The fourth-order valence-electron chi connectivity index (χ4n) is 2.32. The number of carbonyl (C=O) groups is 1. The van der Waals surface area contributed by atoms with Crippen molar-refractivity contribution in [3.8, 4) is 0 Å². The van der Waals surface area contributed by atoms with Crippen LogP contribution in [0.5, 0.6) is 0 Å². The Bertz CT molecular complexity index is 910. The van der Waals surface area contributed by atoms with E-state index in [2.05, 4.69) is 15.4 Å². The summed E-state index contributed by atoms with van der Waals surface area (Å²) in [6.07, 6.45) is 3.16. The summed E-state index contributed by atoms with van der Waals surface area (Å²) in [6, 6.07) is 6.59. The number of amides is 1. The van der Waals surface area contributed by atoms with Crippen molar-refractivity contribution in [2.75, 3.05) is 5.32 Å². The van der Waals surface area contributed by atoms with Crippen LogP contribution in [0.2, 0.25) is 0 Å². The van der Waals surface area contributed by atoms with Crippen LogP contribution in [0.25, 0.3) is 11.0 Å². The van der Waals surface area contributed by atoms with Gasteiger partial charge in [-0.25, -0.2) is 4.98 Å². The van der Waals surface area contributed by atoms with Crippen molar-refractivity contribution < 1.29 is 4.79 Å². The summed E-state index contributed by atoms with van der Waals surface area (Å²) in [5.41, 5.74) is 1.97. The zero-order chi connectivity index (χ0) is 15.7. The van der Waals surface area contributed by atoms with Crippen LogP contribution in [0, 0.1) is 6.92 Å². The third-order valence-electron chi connectivity index (χ3n) is 3.36. The number of hydrogen-bond acceptors (Lipinski definition) is 4. The number of rotatable bonds is 3. The van der Waals surface area contributed by atoms with Crippen molar-refractivity contribution in [1.82, 2.24) is 19.3 Å². The highest BCUT2D eigenvalue weighted by Crippen LogP contribution is 2.19. The molecule has 0 aliphatic heterocycles. The van der Waals surface area contributed by atoms with E-state index in [0.717, 1.165) is 16.7 Å². The molecule has 1 N–H and O–H groups in total. The molecule has 0 aromatic carbocycles. The quantitative estimate of drug-likeness (QED) is 0.784. The molecular formula is C15H15N5O2. The number of pyridine rings is 2. The van der Waals surface area contributed by atoms with Crippen molar-refractivity contribution in [3.05, 3.63) is 52.7 Å². The van der Waals surface area contributed by atoms with Gasteiger partial charge in [0.2, 0.25) is 5.91 Å². The molecule has 1 amide bonds. The van der Waals surface area contributed by atoms with E-state index in [-0.39, 0.29) is 18.0 Å². The van der Waals surface area contributed by atoms with Crippen LogP contribution in [0.4, 0.5) is 5.69 Å². The summed E-state index contributed by atoms with van der Waals surface area (Å²) in [5, 5.41) is 7.92. The Morgan fingerprint density at radius 3 is 2.95 bits per heavy atom. The molecule has 3 heterocycles. The number of hydrogen-bond donors (Lipinski definition) is 1. The summed E-state index contributed by atoms with van der Waals surface area (Å²) in [4.78, 5) is 27.9. The van der Waals surface area contributed by atoms with Crippen LogP contribution in [0.3, 0.4) is 0 Å². The molecule has 112 valence electrons. The smallest absolute Gasteiger partial charge is 0.250 e. The predicted octanol–water partition coefficient (Wildman–Crippen LogP) is 1.08. The molecule has 0 spiro atoms. The molecule has 3 rings (SSSR count). The molecule has 0 fully saturated rings. The first kappa shape index (κ1) is 14.0. The van der Waals surface area contributed by atoms with E-state index < -0.39 is 0 Å². The molecule has 0 saturated carbocycles. The fourth-order valence-corrected chi connectivity index (χ4v) is 2.32. The maximum absolute atomic E-state index is 12.0. The summed E-state index contributed by atoms with van der Waals surface area (Å²) in [7, 11) is 1.82. The largest absolute Gasteiger partial charge is 0.323 e. The van der Waals surface area contributed by atoms with Crippen molar-refractivity contribution in [2.24, 2.45) is 7.05 Å². The number of carbonyl (C=O) groups excluding carboxylic acids is 1. The Kier molecular flexibility index (Phi) is 3.46. The zero-order valence-corrected chi connectivity index (χ0v) is 12.3. The van der Waals surface area contributed by atoms with Gasteiger partial charge in [-0.15, -0.1) is 0 Å². The lowest BCUT2D eigenvalue weighted by Crippen LogP contribution is -2.26. The SMILES string of the molecule is Cc1nn(C)c2ncc(NC(=O)Cn3ccccc3=O)cc12. The third kappa shape index (κ3) is 2.60. The van der Waals surface area contributed by atoms with Gasteiger partial charge in [0.05, 0.1) is 17.6 Å². The van der Waals surface area contributed by atoms with Gasteiger partial charge in [0.1, 0.15) is 6.54 Å². The number of aryl methyl sites for hydroxylation is 2. The lowest BCUT2D eigenvalue weighted by Gasteiger charge is -2.07. The Balaban J connectivity index is 1.81. The van der Waals surface area contributed by atoms with E-state index in [1.165, 1.54) is 10.6 Å². The molecular weight excluding hydrogens is 282 g/mol. The fraction of sp³-hybridized carbons (Fsp3) is 0.200. The standard InChI is InChI=1S/C15H15N5O2/c1-10-12-7-11(8-16-15(12)19(2)18-10)17-13(21)9-20-6-4-3-5-14(20)22/h3-8H,9H2,1-2H3,(H,17,21). The van der Waals surface area contributed by atoms with Crippen LogP contribution in [0.15, 0.2) is 41.5 Å².